The normalized spacial score (nSPS) is 18.1. The summed E-state index contributed by atoms with van der Waals surface area (Å²) in [4.78, 5) is 2.85. The molecule has 2 N–H and O–H groups in total. The molecule has 1 heterocycles. The van der Waals surface area contributed by atoms with Crippen LogP contribution in [-0.4, -0.2) is 16.6 Å². The Hall–Kier alpha value is -1.28. The maximum absolute atomic E-state index is 9.22. The second-order valence-corrected chi connectivity index (χ2v) is 2.48. The summed E-state index contributed by atoms with van der Waals surface area (Å²) in [5, 5.41) is 9.80. The molecule has 0 radical (unpaired) electrons. The average Bonchev–Trinajstić information content (AvgIpc) is 2.59. The van der Waals surface area contributed by atoms with Crippen LogP contribution in [0.5, 0.6) is 0 Å². The number of para-hydroxylation sites is 1. The van der Waals surface area contributed by atoms with E-state index >= 15 is 0 Å². The molecule has 0 spiro atoms. The monoisotopic (exact) mass is 165 g/mol. The fourth-order valence-corrected chi connectivity index (χ4v) is 1.24. The fourth-order valence-electron chi connectivity index (χ4n) is 1.24. The van der Waals surface area contributed by atoms with E-state index < -0.39 is 12.9 Å². The number of rotatable bonds is 2. The maximum Gasteiger partial charge on any atom is 0.0567 e. The first kappa shape index (κ1) is 4.10. The van der Waals surface area contributed by atoms with E-state index in [-0.39, 0.29) is 5.56 Å². The number of benzene rings is 1. The van der Waals surface area contributed by atoms with Crippen molar-refractivity contribution < 1.29 is 10.6 Å². The zero-order valence-corrected chi connectivity index (χ0v) is 6.33. The minimum absolute atomic E-state index is 0.121. The molecular weight excluding hydrogens is 150 g/mol. The Balaban J connectivity index is 2.64. The molecule has 1 aromatic carbocycles. The number of hydrogen-bond donors (Lipinski definition) is 2. The SMILES string of the molecule is [2H]C([2H])(O)C([2H])([2H])c1c[nH]c2ccccc12. The Kier molecular flexibility index (Phi) is 1.02. The van der Waals surface area contributed by atoms with Crippen LogP contribution in [-0.2, 0) is 6.37 Å². The summed E-state index contributed by atoms with van der Waals surface area (Å²) in [7, 11) is 0. The molecule has 1 aromatic heterocycles. The van der Waals surface area contributed by atoms with Crippen LogP contribution in [0.1, 0.15) is 11.0 Å². The third kappa shape index (κ3) is 1.10. The minimum atomic E-state index is -2.92. The lowest BCUT2D eigenvalue weighted by Gasteiger charge is -1.93. The van der Waals surface area contributed by atoms with E-state index in [0.29, 0.717) is 10.9 Å². The van der Waals surface area contributed by atoms with Crippen LogP contribution in [0, 0.1) is 0 Å². The number of nitrogens with one attached hydrogen (secondary N) is 1. The first-order valence-corrected chi connectivity index (χ1v) is 3.63. The number of aliphatic hydroxyl groups is 1. The second-order valence-electron chi connectivity index (χ2n) is 2.48. The number of aromatic nitrogens is 1. The molecule has 2 heteroatoms. The highest BCUT2D eigenvalue weighted by Gasteiger charge is 2.00. The summed E-state index contributed by atoms with van der Waals surface area (Å²) in [5.74, 6) is 0. The van der Waals surface area contributed by atoms with Gasteiger partial charge in [0.05, 0.1) is 2.74 Å². The Morgan fingerprint density at radius 1 is 1.42 bits per heavy atom. The number of H-pyrrole nitrogens is 1. The topological polar surface area (TPSA) is 36.0 Å². The van der Waals surface area contributed by atoms with Gasteiger partial charge in [-0.1, -0.05) is 18.2 Å². The van der Waals surface area contributed by atoms with Crippen molar-refractivity contribution in [1.82, 2.24) is 4.98 Å². The van der Waals surface area contributed by atoms with Gasteiger partial charge in [0.2, 0.25) is 0 Å². The van der Waals surface area contributed by atoms with Crippen LogP contribution in [0.2, 0.25) is 0 Å². The van der Waals surface area contributed by atoms with Gasteiger partial charge in [-0.2, -0.15) is 0 Å². The fraction of sp³-hybridized carbons (Fsp3) is 0.200. The van der Waals surface area contributed by atoms with Crippen LogP contribution in [0.4, 0.5) is 0 Å². The molecule has 2 nitrogen and oxygen atoms in total. The lowest BCUT2D eigenvalue weighted by Crippen LogP contribution is -1.87. The van der Waals surface area contributed by atoms with Crippen LogP contribution in [0.25, 0.3) is 10.9 Å². The highest BCUT2D eigenvalue weighted by atomic mass is 16.2. The molecule has 0 saturated heterocycles. The van der Waals surface area contributed by atoms with Gasteiger partial charge in [0.1, 0.15) is 0 Å². The molecule has 2 aromatic rings. The number of aromatic amines is 1. The quantitative estimate of drug-likeness (QED) is 0.698. The molecule has 62 valence electrons. The summed E-state index contributed by atoms with van der Waals surface area (Å²) >= 11 is 0. The molecule has 0 atom stereocenters. The Bertz CT molecular complexity index is 515. The first-order valence-electron chi connectivity index (χ1n) is 5.63. The molecule has 12 heavy (non-hydrogen) atoms. The summed E-state index contributed by atoms with van der Waals surface area (Å²) in [6.07, 6.45) is -1.06. The molecule has 0 aliphatic carbocycles. The molecule has 0 aliphatic heterocycles. The molecule has 0 amide bonds. The van der Waals surface area contributed by atoms with E-state index in [2.05, 4.69) is 4.98 Å². The van der Waals surface area contributed by atoms with Crippen molar-refractivity contribution >= 4 is 10.9 Å². The van der Waals surface area contributed by atoms with E-state index in [1.807, 2.05) is 0 Å². The second kappa shape index (κ2) is 2.99. The van der Waals surface area contributed by atoms with Crippen molar-refractivity contribution in [2.24, 2.45) is 0 Å². The zero-order chi connectivity index (χ0) is 12.0. The Morgan fingerprint density at radius 2 is 2.25 bits per heavy atom. The first-order chi connectivity index (χ1) is 7.34. The van der Waals surface area contributed by atoms with Crippen molar-refractivity contribution in [1.29, 1.82) is 0 Å². The van der Waals surface area contributed by atoms with Gasteiger partial charge in [-0.25, -0.2) is 0 Å². The van der Waals surface area contributed by atoms with Crippen LogP contribution < -0.4 is 0 Å². The third-order valence-electron chi connectivity index (χ3n) is 1.78. The smallest absolute Gasteiger partial charge is 0.0567 e. The van der Waals surface area contributed by atoms with Crippen molar-refractivity contribution in [2.75, 3.05) is 6.56 Å². The lowest BCUT2D eigenvalue weighted by atomic mass is 10.1. The van der Waals surface area contributed by atoms with Gasteiger partial charge in [0, 0.05) is 26.4 Å². The van der Waals surface area contributed by atoms with Crippen molar-refractivity contribution in [3.63, 3.8) is 0 Å². The molecule has 0 unspecified atom stereocenters. The average molecular weight is 165 g/mol. The predicted octanol–water partition coefficient (Wildman–Crippen LogP) is 1.70. The summed E-state index contributed by atoms with van der Waals surface area (Å²) < 4.78 is 29.5. The summed E-state index contributed by atoms with van der Waals surface area (Å²) in [6, 6.07) is 6.99. The minimum Gasteiger partial charge on any atom is -0.396 e. The molecular formula is C10H11NO. The number of aryl methyl sites for hydroxylation is 1. The number of fused-ring (bicyclic) bond motifs is 1. The summed E-state index contributed by atoms with van der Waals surface area (Å²) in [5.41, 5.74) is 0.834. The predicted molar refractivity (Wildman–Crippen MR) is 49.1 cm³/mol. The van der Waals surface area contributed by atoms with Crippen LogP contribution in [0.15, 0.2) is 30.5 Å². The largest absolute Gasteiger partial charge is 0.396 e. The molecule has 0 saturated carbocycles. The van der Waals surface area contributed by atoms with Gasteiger partial charge in [0.15, 0.2) is 0 Å². The van der Waals surface area contributed by atoms with Crippen molar-refractivity contribution in [2.45, 2.75) is 6.37 Å². The van der Waals surface area contributed by atoms with Gasteiger partial charge in [-0.3, -0.25) is 0 Å². The van der Waals surface area contributed by atoms with Gasteiger partial charge in [0.25, 0.3) is 0 Å². The third-order valence-corrected chi connectivity index (χ3v) is 1.78. The molecule has 0 fully saturated rings. The lowest BCUT2D eigenvalue weighted by molar-refractivity contribution is 0.300. The van der Waals surface area contributed by atoms with Crippen molar-refractivity contribution in [3.05, 3.63) is 36.0 Å². The molecule has 0 bridgehead atoms. The van der Waals surface area contributed by atoms with E-state index in [1.54, 1.807) is 24.3 Å². The molecule has 0 aliphatic rings. The zero-order valence-electron chi connectivity index (χ0n) is 10.3. The maximum atomic E-state index is 9.22. The van der Waals surface area contributed by atoms with Crippen LogP contribution in [0.3, 0.4) is 0 Å². The Labute approximate surface area is 76.5 Å². The number of hydrogen-bond acceptors (Lipinski definition) is 1. The van der Waals surface area contributed by atoms with E-state index in [0.717, 1.165) is 0 Å². The van der Waals surface area contributed by atoms with Gasteiger partial charge >= 0.3 is 0 Å². The van der Waals surface area contributed by atoms with Crippen LogP contribution >= 0.6 is 0 Å². The van der Waals surface area contributed by atoms with E-state index in [1.165, 1.54) is 6.20 Å². The van der Waals surface area contributed by atoms with Gasteiger partial charge < -0.3 is 10.1 Å². The molecule has 2 rings (SSSR count). The van der Waals surface area contributed by atoms with E-state index in [9.17, 15) is 5.11 Å². The van der Waals surface area contributed by atoms with E-state index in [4.69, 9.17) is 5.48 Å². The Morgan fingerprint density at radius 3 is 3.08 bits per heavy atom. The van der Waals surface area contributed by atoms with Crippen molar-refractivity contribution in [3.8, 4) is 0 Å². The standard InChI is InChI=1S/C10H11NO/c12-6-5-8-7-11-10-4-2-1-3-9(8)10/h1-4,7,11-12H,5-6H2/i5D2,6D2. The van der Waals surface area contributed by atoms with Gasteiger partial charge in [-0.05, 0) is 18.0 Å². The highest BCUT2D eigenvalue weighted by Crippen LogP contribution is 2.17. The van der Waals surface area contributed by atoms with Gasteiger partial charge in [-0.15, -0.1) is 0 Å². The summed E-state index contributed by atoms with van der Waals surface area (Å²) in [6.45, 7) is -2.92. The highest BCUT2D eigenvalue weighted by molar-refractivity contribution is 5.82.